The molecule has 3 heterocycles. The van der Waals surface area contributed by atoms with Gasteiger partial charge in [0.25, 0.3) is 18.3 Å². The van der Waals surface area contributed by atoms with Crippen LogP contribution in [0.2, 0.25) is 0 Å². The van der Waals surface area contributed by atoms with Crippen LogP contribution < -0.4 is 10.6 Å². The standard InChI is InChI=1S/C20H24F3N5O2.CH2O2/c21-14-11-16(23)15(22)9-12(14)8-13(24)10-18(29)28-7-3-4-17(28)19-25-20(26-30-19)27-5-1-2-6-27;2-1-3/h9,11,13,17H,1-8,10,24H2;1H,(H,2,3)/t13-,17+;/m1./s1. The zero-order chi connectivity index (χ0) is 24.0. The predicted octanol–water partition coefficient (Wildman–Crippen LogP) is 2.41. The monoisotopic (exact) mass is 469 g/mol. The molecule has 0 radical (unpaired) electrons. The van der Waals surface area contributed by atoms with Gasteiger partial charge in [-0.25, -0.2) is 13.2 Å². The third-order valence-electron chi connectivity index (χ3n) is 5.69. The van der Waals surface area contributed by atoms with Gasteiger partial charge in [0.1, 0.15) is 11.9 Å². The molecule has 0 unspecified atom stereocenters. The summed E-state index contributed by atoms with van der Waals surface area (Å²) in [6.07, 6.45) is 3.56. The number of amides is 1. The summed E-state index contributed by atoms with van der Waals surface area (Å²) >= 11 is 0. The lowest BCUT2D eigenvalue weighted by Crippen LogP contribution is -2.36. The van der Waals surface area contributed by atoms with E-state index in [4.69, 9.17) is 20.2 Å². The maximum atomic E-state index is 13.9. The number of aromatic nitrogens is 2. The number of benzene rings is 1. The molecule has 1 amide bonds. The number of hydrogen-bond acceptors (Lipinski definition) is 7. The number of halogens is 3. The Hall–Kier alpha value is -3.15. The van der Waals surface area contributed by atoms with Gasteiger partial charge in [-0.3, -0.25) is 9.59 Å². The fourth-order valence-electron chi connectivity index (χ4n) is 4.15. The van der Waals surface area contributed by atoms with Crippen molar-refractivity contribution in [2.75, 3.05) is 24.5 Å². The highest BCUT2D eigenvalue weighted by atomic mass is 19.2. The van der Waals surface area contributed by atoms with Crippen molar-refractivity contribution in [2.24, 2.45) is 5.73 Å². The number of anilines is 1. The second kappa shape index (κ2) is 11.1. The van der Waals surface area contributed by atoms with E-state index in [9.17, 15) is 18.0 Å². The zero-order valence-corrected chi connectivity index (χ0v) is 17.9. The van der Waals surface area contributed by atoms with E-state index in [2.05, 4.69) is 15.0 Å². The van der Waals surface area contributed by atoms with E-state index in [1.165, 1.54) is 0 Å². The molecule has 1 aromatic carbocycles. The first-order chi connectivity index (χ1) is 15.8. The Morgan fingerprint density at radius 3 is 2.55 bits per heavy atom. The highest BCUT2D eigenvalue weighted by Crippen LogP contribution is 2.33. The van der Waals surface area contributed by atoms with Crippen LogP contribution in [0.1, 0.15) is 49.6 Å². The first-order valence-corrected chi connectivity index (χ1v) is 10.7. The van der Waals surface area contributed by atoms with Crippen molar-refractivity contribution in [3.8, 4) is 0 Å². The van der Waals surface area contributed by atoms with Crippen molar-refractivity contribution < 1.29 is 32.4 Å². The molecule has 2 fully saturated rings. The summed E-state index contributed by atoms with van der Waals surface area (Å²) in [5.74, 6) is -2.54. The van der Waals surface area contributed by atoms with Gasteiger partial charge >= 0.3 is 0 Å². The number of rotatable bonds is 6. The Bertz CT molecular complexity index is 967. The number of nitrogens with zero attached hydrogens (tertiary/aromatic N) is 4. The smallest absolute Gasteiger partial charge is 0.290 e. The summed E-state index contributed by atoms with van der Waals surface area (Å²) in [5.41, 5.74) is 5.96. The number of likely N-dealkylation sites (tertiary alicyclic amines) is 1. The molecule has 12 heteroatoms. The number of carbonyl (C=O) groups is 2. The van der Waals surface area contributed by atoms with Crippen molar-refractivity contribution in [3.05, 3.63) is 41.0 Å². The summed E-state index contributed by atoms with van der Waals surface area (Å²) in [5, 5.41) is 10.9. The first-order valence-electron chi connectivity index (χ1n) is 10.7. The average Bonchev–Trinajstić information content (AvgIpc) is 3.53. The average molecular weight is 469 g/mol. The summed E-state index contributed by atoms with van der Waals surface area (Å²) in [6, 6.07) is 0.226. The van der Waals surface area contributed by atoms with Crippen molar-refractivity contribution in [1.82, 2.24) is 15.0 Å². The normalized spacial score (nSPS) is 18.7. The number of carbonyl (C=O) groups excluding carboxylic acids is 1. The van der Waals surface area contributed by atoms with Crippen LogP contribution in [0.4, 0.5) is 19.1 Å². The number of hydrogen-bond donors (Lipinski definition) is 2. The van der Waals surface area contributed by atoms with Crippen LogP contribution >= 0.6 is 0 Å². The van der Waals surface area contributed by atoms with E-state index in [0.29, 0.717) is 30.9 Å². The van der Waals surface area contributed by atoms with Crippen LogP contribution in [0.3, 0.4) is 0 Å². The molecule has 2 atom stereocenters. The molecule has 0 bridgehead atoms. The van der Waals surface area contributed by atoms with Crippen molar-refractivity contribution in [1.29, 1.82) is 0 Å². The quantitative estimate of drug-likeness (QED) is 0.488. The molecule has 3 N–H and O–H groups in total. The molecule has 9 nitrogen and oxygen atoms in total. The molecule has 2 aliphatic heterocycles. The molecule has 33 heavy (non-hydrogen) atoms. The largest absolute Gasteiger partial charge is 0.483 e. The first kappa shape index (κ1) is 24.5. The van der Waals surface area contributed by atoms with E-state index in [1.54, 1.807) is 4.90 Å². The third-order valence-corrected chi connectivity index (χ3v) is 5.69. The number of nitrogens with two attached hydrogens (primary N) is 1. The Kier molecular flexibility index (Phi) is 8.26. The van der Waals surface area contributed by atoms with E-state index in [1.807, 2.05) is 0 Å². The van der Waals surface area contributed by atoms with Crippen LogP contribution in [0.15, 0.2) is 16.7 Å². The van der Waals surface area contributed by atoms with Gasteiger partial charge in [-0.05, 0) is 48.9 Å². The summed E-state index contributed by atoms with van der Waals surface area (Å²) in [6.45, 7) is 2.07. The molecule has 1 aromatic heterocycles. The van der Waals surface area contributed by atoms with Gasteiger partial charge in [0.15, 0.2) is 11.6 Å². The molecule has 4 rings (SSSR count). The summed E-state index contributed by atoms with van der Waals surface area (Å²) in [4.78, 5) is 29.4. The molecular weight excluding hydrogens is 443 g/mol. The predicted molar refractivity (Wildman–Crippen MR) is 111 cm³/mol. The lowest BCUT2D eigenvalue weighted by Gasteiger charge is -2.23. The highest BCUT2D eigenvalue weighted by molar-refractivity contribution is 5.77. The Morgan fingerprint density at radius 2 is 1.85 bits per heavy atom. The Morgan fingerprint density at radius 1 is 1.18 bits per heavy atom. The van der Waals surface area contributed by atoms with Gasteiger partial charge in [-0.2, -0.15) is 4.98 Å². The van der Waals surface area contributed by atoms with Crippen molar-refractivity contribution in [2.45, 2.75) is 50.6 Å². The molecule has 2 saturated heterocycles. The van der Waals surface area contributed by atoms with Gasteiger partial charge < -0.3 is 25.2 Å². The lowest BCUT2D eigenvalue weighted by molar-refractivity contribution is -0.133. The van der Waals surface area contributed by atoms with Gasteiger partial charge in [-0.15, -0.1) is 0 Å². The van der Waals surface area contributed by atoms with Gasteiger partial charge in [0.2, 0.25) is 5.91 Å². The minimum absolute atomic E-state index is 0.0535. The zero-order valence-electron chi connectivity index (χ0n) is 17.9. The van der Waals surface area contributed by atoms with E-state index in [-0.39, 0.29) is 36.8 Å². The summed E-state index contributed by atoms with van der Waals surface area (Å²) < 4.78 is 45.8. The van der Waals surface area contributed by atoms with Gasteiger partial charge in [0, 0.05) is 38.2 Å². The van der Waals surface area contributed by atoms with Crippen LogP contribution in [-0.2, 0) is 16.0 Å². The second-order valence-electron chi connectivity index (χ2n) is 8.00. The molecule has 2 aliphatic rings. The van der Waals surface area contributed by atoms with E-state index >= 15 is 0 Å². The second-order valence-corrected chi connectivity index (χ2v) is 8.00. The SMILES string of the molecule is N[C@@H](CC(=O)N1CCC[C@H]1c1nc(N2CCCC2)no1)Cc1cc(F)c(F)cc1F.O=CO. The van der Waals surface area contributed by atoms with Crippen LogP contribution in [0.25, 0.3) is 0 Å². The molecule has 0 aliphatic carbocycles. The molecular formula is C21H26F3N5O4. The van der Waals surface area contributed by atoms with Gasteiger partial charge in [0.05, 0.1) is 0 Å². The fraction of sp³-hybridized carbons (Fsp3) is 0.524. The molecule has 2 aromatic rings. The lowest BCUT2D eigenvalue weighted by atomic mass is 10.0. The van der Waals surface area contributed by atoms with E-state index in [0.717, 1.165) is 38.4 Å². The Labute approximate surface area is 188 Å². The third kappa shape index (κ3) is 6.01. The molecule has 0 spiro atoms. The minimum Gasteiger partial charge on any atom is -0.483 e. The van der Waals surface area contributed by atoms with Crippen LogP contribution in [-0.4, -0.2) is 58.2 Å². The van der Waals surface area contributed by atoms with Gasteiger partial charge in [-0.1, -0.05) is 0 Å². The maximum Gasteiger partial charge on any atom is 0.290 e. The Balaban J connectivity index is 0.000000968. The molecule has 0 saturated carbocycles. The number of carboxylic acid groups (broad SMARTS) is 1. The van der Waals surface area contributed by atoms with Crippen molar-refractivity contribution in [3.63, 3.8) is 0 Å². The van der Waals surface area contributed by atoms with Crippen LogP contribution in [0.5, 0.6) is 0 Å². The molecule has 180 valence electrons. The topological polar surface area (TPSA) is 126 Å². The highest BCUT2D eigenvalue weighted by Gasteiger charge is 2.35. The maximum absolute atomic E-state index is 13.9. The van der Waals surface area contributed by atoms with Crippen molar-refractivity contribution >= 4 is 18.3 Å². The summed E-state index contributed by atoms with van der Waals surface area (Å²) in [7, 11) is 0. The van der Waals surface area contributed by atoms with E-state index < -0.39 is 23.5 Å². The fourth-order valence-corrected chi connectivity index (χ4v) is 4.15. The minimum atomic E-state index is -1.26. The van der Waals surface area contributed by atoms with Crippen LogP contribution in [0, 0.1) is 17.5 Å².